The van der Waals surface area contributed by atoms with E-state index in [1.807, 2.05) is 6.92 Å². The minimum absolute atomic E-state index is 0. The largest absolute Gasteiger partial charge is 0.488 e. The lowest BCUT2D eigenvalue weighted by Crippen LogP contribution is -2.31. The molecule has 0 heterocycles. The number of unbranched alkanes of at least 4 members (excludes halogenated alkanes) is 1. The number of hydrogen-bond acceptors (Lipinski definition) is 3. The van der Waals surface area contributed by atoms with Crippen LogP contribution in [0.3, 0.4) is 0 Å². The Morgan fingerprint density at radius 3 is 2.61 bits per heavy atom. The second-order valence-electron chi connectivity index (χ2n) is 4.20. The molecular weight excluding hydrogens is 233 g/mol. The third kappa shape index (κ3) is 5.47. The lowest BCUT2D eigenvalue weighted by Gasteiger charge is -2.24. The summed E-state index contributed by atoms with van der Waals surface area (Å²) in [6.07, 6.45) is 3.08. The molecule has 0 aromatic heterocycles. The zero-order valence-corrected chi connectivity index (χ0v) is 11.5. The van der Waals surface area contributed by atoms with Crippen molar-refractivity contribution in [2.45, 2.75) is 45.3 Å². The van der Waals surface area contributed by atoms with Gasteiger partial charge in [0.2, 0.25) is 0 Å². The Morgan fingerprint density at radius 1 is 1.33 bits per heavy atom. The van der Waals surface area contributed by atoms with E-state index < -0.39 is 0 Å². The van der Waals surface area contributed by atoms with Crippen LogP contribution < -0.4 is 10.9 Å². The van der Waals surface area contributed by atoms with Crippen molar-refractivity contribution in [3.05, 3.63) is 30.1 Å². The Morgan fingerprint density at radius 2 is 2.06 bits per heavy atom. The SMILES string of the molecule is CCCC[C@@H](Oc1cccc(F)c1)C(C)OC.N. The van der Waals surface area contributed by atoms with Gasteiger partial charge in [0.15, 0.2) is 0 Å². The van der Waals surface area contributed by atoms with Gasteiger partial charge in [0, 0.05) is 13.2 Å². The number of rotatable bonds is 7. The molecule has 3 nitrogen and oxygen atoms in total. The van der Waals surface area contributed by atoms with Crippen molar-refractivity contribution in [1.29, 1.82) is 0 Å². The van der Waals surface area contributed by atoms with Crippen molar-refractivity contribution in [2.24, 2.45) is 0 Å². The Hall–Kier alpha value is -1.13. The van der Waals surface area contributed by atoms with Gasteiger partial charge in [-0.05, 0) is 31.9 Å². The van der Waals surface area contributed by atoms with Gasteiger partial charge in [0.05, 0.1) is 6.10 Å². The summed E-state index contributed by atoms with van der Waals surface area (Å²) in [5.74, 6) is 0.289. The summed E-state index contributed by atoms with van der Waals surface area (Å²) >= 11 is 0. The molecule has 3 N–H and O–H groups in total. The predicted molar refractivity (Wildman–Crippen MR) is 71.8 cm³/mol. The van der Waals surface area contributed by atoms with E-state index in [0.29, 0.717) is 5.75 Å². The molecule has 1 unspecified atom stereocenters. The van der Waals surface area contributed by atoms with Crippen LogP contribution in [-0.4, -0.2) is 19.3 Å². The van der Waals surface area contributed by atoms with E-state index in [1.54, 1.807) is 19.2 Å². The first-order chi connectivity index (χ1) is 8.17. The normalized spacial score (nSPS) is 13.6. The van der Waals surface area contributed by atoms with Crippen LogP contribution >= 0.6 is 0 Å². The van der Waals surface area contributed by atoms with Crippen molar-refractivity contribution >= 4 is 0 Å². The maximum atomic E-state index is 13.0. The fourth-order valence-corrected chi connectivity index (χ4v) is 1.66. The number of ether oxygens (including phenoxy) is 2. The highest BCUT2D eigenvalue weighted by molar-refractivity contribution is 5.22. The summed E-state index contributed by atoms with van der Waals surface area (Å²) in [6.45, 7) is 4.11. The second-order valence-corrected chi connectivity index (χ2v) is 4.20. The molecule has 104 valence electrons. The van der Waals surface area contributed by atoms with Crippen LogP contribution in [0.5, 0.6) is 5.75 Å². The highest BCUT2D eigenvalue weighted by atomic mass is 19.1. The molecule has 18 heavy (non-hydrogen) atoms. The van der Waals surface area contributed by atoms with Crippen molar-refractivity contribution in [1.82, 2.24) is 6.15 Å². The third-order valence-corrected chi connectivity index (χ3v) is 2.82. The summed E-state index contributed by atoms with van der Waals surface area (Å²) in [7, 11) is 1.67. The van der Waals surface area contributed by atoms with Gasteiger partial charge in [0.1, 0.15) is 17.7 Å². The maximum Gasteiger partial charge on any atom is 0.126 e. The molecule has 0 saturated carbocycles. The van der Waals surface area contributed by atoms with Gasteiger partial charge in [-0.1, -0.05) is 19.4 Å². The Labute approximate surface area is 109 Å². The smallest absolute Gasteiger partial charge is 0.126 e. The Balaban J connectivity index is 0.00000289. The Bertz CT molecular complexity index is 333. The minimum atomic E-state index is -0.276. The van der Waals surface area contributed by atoms with Gasteiger partial charge in [-0.15, -0.1) is 0 Å². The topological polar surface area (TPSA) is 53.5 Å². The molecule has 2 atom stereocenters. The van der Waals surface area contributed by atoms with E-state index in [0.717, 1.165) is 19.3 Å². The van der Waals surface area contributed by atoms with Gasteiger partial charge in [-0.3, -0.25) is 0 Å². The molecule has 0 amide bonds. The number of methoxy groups -OCH3 is 1. The molecule has 1 rings (SSSR count). The van der Waals surface area contributed by atoms with Gasteiger partial charge >= 0.3 is 0 Å². The molecule has 0 bridgehead atoms. The summed E-state index contributed by atoms with van der Waals surface area (Å²) in [5, 5.41) is 0. The van der Waals surface area contributed by atoms with Crippen LogP contribution in [0.2, 0.25) is 0 Å². The number of hydrogen-bond donors (Lipinski definition) is 1. The Kier molecular flexibility index (Phi) is 8.33. The second kappa shape index (κ2) is 8.89. The van der Waals surface area contributed by atoms with Crippen LogP contribution in [0, 0.1) is 5.82 Å². The van der Waals surface area contributed by atoms with Crippen LogP contribution in [0.1, 0.15) is 33.1 Å². The molecule has 0 aliphatic rings. The van der Waals surface area contributed by atoms with Crippen molar-refractivity contribution in [3.8, 4) is 5.75 Å². The lowest BCUT2D eigenvalue weighted by atomic mass is 10.1. The highest BCUT2D eigenvalue weighted by Gasteiger charge is 2.18. The first-order valence-electron chi connectivity index (χ1n) is 6.12. The van der Waals surface area contributed by atoms with Crippen molar-refractivity contribution in [2.75, 3.05) is 7.11 Å². The molecule has 0 fully saturated rings. The van der Waals surface area contributed by atoms with E-state index in [4.69, 9.17) is 9.47 Å². The first-order valence-corrected chi connectivity index (χ1v) is 6.12. The molecule has 0 spiro atoms. The first kappa shape index (κ1) is 16.9. The fraction of sp³-hybridized carbons (Fsp3) is 0.571. The zero-order chi connectivity index (χ0) is 12.7. The molecule has 0 aliphatic heterocycles. The number of benzene rings is 1. The van der Waals surface area contributed by atoms with Crippen LogP contribution in [0.15, 0.2) is 24.3 Å². The standard InChI is InChI=1S/C14H21FO2.H3N/c1-4-5-9-14(11(2)16-3)17-13-8-6-7-12(15)10-13;/h6-8,10-11,14H,4-5,9H2,1-3H3;1H3/t11?,14-;/m1./s1. The summed E-state index contributed by atoms with van der Waals surface area (Å²) in [6, 6.07) is 6.23. The van der Waals surface area contributed by atoms with Gasteiger partial charge in [-0.25, -0.2) is 4.39 Å². The van der Waals surface area contributed by atoms with Crippen molar-refractivity contribution in [3.63, 3.8) is 0 Å². The third-order valence-electron chi connectivity index (χ3n) is 2.82. The maximum absolute atomic E-state index is 13.0. The van der Waals surface area contributed by atoms with E-state index in [9.17, 15) is 4.39 Å². The van der Waals surface area contributed by atoms with E-state index in [2.05, 4.69) is 6.92 Å². The van der Waals surface area contributed by atoms with Crippen LogP contribution in [0.4, 0.5) is 4.39 Å². The molecule has 1 aromatic rings. The zero-order valence-electron chi connectivity index (χ0n) is 11.5. The van der Waals surface area contributed by atoms with E-state index in [-0.39, 0.29) is 24.2 Å². The molecule has 1 aromatic carbocycles. The van der Waals surface area contributed by atoms with Crippen molar-refractivity contribution < 1.29 is 13.9 Å². The molecule has 4 heteroatoms. The number of halogens is 1. The lowest BCUT2D eigenvalue weighted by molar-refractivity contribution is 0.00876. The molecule has 0 aliphatic carbocycles. The fourth-order valence-electron chi connectivity index (χ4n) is 1.66. The van der Waals surface area contributed by atoms with E-state index in [1.165, 1.54) is 12.1 Å². The monoisotopic (exact) mass is 257 g/mol. The molecule has 0 saturated heterocycles. The van der Waals surface area contributed by atoms with Gasteiger partial charge in [0.25, 0.3) is 0 Å². The van der Waals surface area contributed by atoms with Crippen LogP contribution in [-0.2, 0) is 4.74 Å². The highest BCUT2D eigenvalue weighted by Crippen LogP contribution is 2.19. The minimum Gasteiger partial charge on any atom is -0.488 e. The quantitative estimate of drug-likeness (QED) is 0.804. The van der Waals surface area contributed by atoms with Crippen LogP contribution in [0.25, 0.3) is 0 Å². The molecule has 0 radical (unpaired) electrons. The van der Waals surface area contributed by atoms with E-state index >= 15 is 0 Å². The van der Waals surface area contributed by atoms with Gasteiger partial charge < -0.3 is 15.6 Å². The summed E-state index contributed by atoms with van der Waals surface area (Å²) in [5.41, 5.74) is 0. The average Bonchev–Trinajstić information content (AvgIpc) is 2.33. The van der Waals surface area contributed by atoms with Gasteiger partial charge in [-0.2, -0.15) is 0 Å². The summed E-state index contributed by atoms with van der Waals surface area (Å²) < 4.78 is 24.1. The predicted octanol–water partition coefficient (Wildman–Crippen LogP) is 3.96. The molecular formula is C14H24FNO2. The summed E-state index contributed by atoms with van der Waals surface area (Å²) in [4.78, 5) is 0. The average molecular weight is 257 g/mol.